The van der Waals surface area contributed by atoms with Gasteiger partial charge in [0.05, 0.1) is 11.7 Å². The van der Waals surface area contributed by atoms with E-state index in [9.17, 15) is 18.0 Å². The maximum Gasteiger partial charge on any atom is 0.416 e. The minimum absolute atomic E-state index is 0.115. The van der Waals surface area contributed by atoms with Crippen LogP contribution in [0.2, 0.25) is 0 Å². The van der Waals surface area contributed by atoms with E-state index in [0.717, 1.165) is 23.5 Å². The van der Waals surface area contributed by atoms with Crippen LogP contribution in [-0.4, -0.2) is 36.0 Å². The molecule has 1 unspecified atom stereocenters. The zero-order valence-corrected chi connectivity index (χ0v) is 14.4. The molecular formula is C15H17F3N4O2S. The van der Waals surface area contributed by atoms with E-state index in [1.54, 1.807) is 7.11 Å². The van der Waals surface area contributed by atoms with E-state index in [1.807, 2.05) is 6.92 Å². The molecule has 10 heteroatoms. The number of halogens is 3. The molecule has 25 heavy (non-hydrogen) atoms. The van der Waals surface area contributed by atoms with Crippen LogP contribution in [-0.2, 0) is 17.3 Å². The van der Waals surface area contributed by atoms with Gasteiger partial charge < -0.3 is 10.1 Å². The highest BCUT2D eigenvalue weighted by Crippen LogP contribution is 2.29. The van der Waals surface area contributed by atoms with Gasteiger partial charge in [-0.1, -0.05) is 23.5 Å². The largest absolute Gasteiger partial charge is 0.416 e. The van der Waals surface area contributed by atoms with E-state index >= 15 is 0 Å². The van der Waals surface area contributed by atoms with Gasteiger partial charge in [0.2, 0.25) is 5.13 Å². The molecule has 136 valence electrons. The van der Waals surface area contributed by atoms with Gasteiger partial charge >= 0.3 is 12.2 Å². The number of nitrogens with one attached hydrogen (secondary N) is 2. The fraction of sp³-hybridized carbons (Fsp3) is 0.400. The zero-order chi connectivity index (χ0) is 18.4. The number of hydrogen-bond donors (Lipinski definition) is 2. The predicted molar refractivity (Wildman–Crippen MR) is 87.7 cm³/mol. The Kier molecular flexibility index (Phi) is 6.32. The molecule has 0 fully saturated rings. The van der Waals surface area contributed by atoms with Crippen LogP contribution in [0, 0.1) is 0 Å². The molecule has 6 nitrogen and oxygen atoms in total. The monoisotopic (exact) mass is 374 g/mol. The number of carbonyl (C=O) groups excluding carboxylic acids is 1. The number of urea groups is 1. The predicted octanol–water partition coefficient (Wildman–Crippen LogP) is 3.30. The summed E-state index contributed by atoms with van der Waals surface area (Å²) in [5.74, 6) is 0. The number of benzene rings is 1. The molecule has 0 bridgehead atoms. The molecule has 0 aliphatic heterocycles. The molecule has 1 aromatic carbocycles. The second kappa shape index (κ2) is 8.26. The quantitative estimate of drug-likeness (QED) is 0.813. The second-order valence-electron chi connectivity index (χ2n) is 5.25. The van der Waals surface area contributed by atoms with Crippen LogP contribution in [0.25, 0.3) is 0 Å². The van der Waals surface area contributed by atoms with Gasteiger partial charge in [0.1, 0.15) is 5.01 Å². The van der Waals surface area contributed by atoms with Gasteiger partial charge in [0, 0.05) is 20.1 Å². The molecule has 0 saturated carbocycles. The highest BCUT2D eigenvalue weighted by Gasteiger charge is 2.29. The first-order valence-electron chi connectivity index (χ1n) is 7.34. The van der Waals surface area contributed by atoms with E-state index in [-0.39, 0.29) is 6.10 Å². The molecule has 2 rings (SSSR count). The molecule has 1 atom stereocenters. The normalized spacial score (nSPS) is 12.7. The van der Waals surface area contributed by atoms with Gasteiger partial charge in [-0.05, 0) is 24.6 Å². The van der Waals surface area contributed by atoms with Crippen molar-refractivity contribution in [2.75, 3.05) is 19.0 Å². The van der Waals surface area contributed by atoms with E-state index in [4.69, 9.17) is 4.74 Å². The van der Waals surface area contributed by atoms with Crippen LogP contribution in [0.5, 0.6) is 0 Å². The average molecular weight is 374 g/mol. The number of alkyl halides is 3. The van der Waals surface area contributed by atoms with Crippen molar-refractivity contribution in [1.82, 2.24) is 15.5 Å². The van der Waals surface area contributed by atoms with Crippen LogP contribution in [0.15, 0.2) is 24.3 Å². The summed E-state index contributed by atoms with van der Waals surface area (Å²) in [5.41, 5.74) is -0.0214. The summed E-state index contributed by atoms with van der Waals surface area (Å²) in [7, 11) is 1.54. The number of amides is 2. The third-order valence-corrected chi connectivity index (χ3v) is 4.12. The molecule has 0 radical (unpaired) electrons. The number of nitrogens with zero attached hydrogens (tertiary/aromatic N) is 2. The van der Waals surface area contributed by atoms with Gasteiger partial charge in [0.15, 0.2) is 0 Å². The van der Waals surface area contributed by atoms with E-state index in [2.05, 4.69) is 20.8 Å². The van der Waals surface area contributed by atoms with Gasteiger partial charge in [-0.3, -0.25) is 5.32 Å². The molecule has 0 aliphatic rings. The van der Waals surface area contributed by atoms with Crippen molar-refractivity contribution in [2.24, 2.45) is 0 Å². The Hall–Kier alpha value is -2.20. The fourth-order valence-electron chi connectivity index (χ4n) is 1.82. The minimum atomic E-state index is -4.36. The first kappa shape index (κ1) is 19.1. The number of anilines is 1. The Morgan fingerprint density at radius 3 is 2.56 bits per heavy atom. The topological polar surface area (TPSA) is 76.1 Å². The Morgan fingerprint density at radius 2 is 1.96 bits per heavy atom. The minimum Gasteiger partial charge on any atom is -0.380 e. The lowest BCUT2D eigenvalue weighted by Crippen LogP contribution is -2.34. The van der Waals surface area contributed by atoms with Crippen LogP contribution in [0.3, 0.4) is 0 Å². The smallest absolute Gasteiger partial charge is 0.380 e. The van der Waals surface area contributed by atoms with Crippen molar-refractivity contribution < 1.29 is 22.7 Å². The van der Waals surface area contributed by atoms with Crippen molar-refractivity contribution in [1.29, 1.82) is 0 Å². The van der Waals surface area contributed by atoms with Crippen molar-refractivity contribution in [3.8, 4) is 0 Å². The first-order valence-corrected chi connectivity index (χ1v) is 8.15. The standard InChI is InChI=1S/C15H17F3N4O2S/c1-9(24-2)8-19-13(23)20-14-22-21-12(25-14)7-10-3-5-11(6-4-10)15(16,17)18/h3-6,9H,7-8H2,1-2H3,(H2,19,20,22,23). The van der Waals surface area contributed by atoms with Crippen molar-refractivity contribution >= 4 is 22.5 Å². The second-order valence-corrected chi connectivity index (χ2v) is 6.32. The molecule has 2 amide bonds. The Labute approximate surface area is 146 Å². The Morgan fingerprint density at radius 1 is 1.28 bits per heavy atom. The fourth-order valence-corrected chi connectivity index (χ4v) is 2.59. The lowest BCUT2D eigenvalue weighted by Gasteiger charge is -2.10. The maximum absolute atomic E-state index is 12.5. The molecule has 0 saturated heterocycles. The number of carbonyl (C=O) groups is 1. The molecular weight excluding hydrogens is 357 g/mol. The van der Waals surface area contributed by atoms with Gasteiger partial charge in [-0.15, -0.1) is 10.2 Å². The van der Waals surface area contributed by atoms with Crippen molar-refractivity contribution in [3.05, 3.63) is 40.4 Å². The number of hydrogen-bond acceptors (Lipinski definition) is 5. The average Bonchev–Trinajstić information content (AvgIpc) is 2.99. The summed E-state index contributed by atoms with van der Waals surface area (Å²) < 4.78 is 42.6. The van der Waals surface area contributed by atoms with Crippen LogP contribution >= 0.6 is 11.3 Å². The Bertz CT molecular complexity index is 704. The van der Waals surface area contributed by atoms with Gasteiger partial charge in [-0.2, -0.15) is 13.2 Å². The van der Waals surface area contributed by atoms with Crippen molar-refractivity contribution in [3.63, 3.8) is 0 Å². The number of ether oxygens (including phenoxy) is 1. The van der Waals surface area contributed by atoms with Crippen LogP contribution in [0.4, 0.5) is 23.1 Å². The Balaban J connectivity index is 1.90. The number of aromatic nitrogens is 2. The number of rotatable bonds is 6. The summed E-state index contributed by atoms with van der Waals surface area (Å²) in [6, 6.07) is 4.42. The summed E-state index contributed by atoms with van der Waals surface area (Å²) in [6.07, 6.45) is -4.14. The maximum atomic E-state index is 12.5. The molecule has 1 heterocycles. The summed E-state index contributed by atoms with van der Waals surface area (Å²) >= 11 is 1.16. The third kappa shape index (κ3) is 5.98. The third-order valence-electron chi connectivity index (χ3n) is 3.28. The van der Waals surface area contributed by atoms with Crippen LogP contribution in [0.1, 0.15) is 23.1 Å². The summed E-state index contributed by atoms with van der Waals surface area (Å²) in [4.78, 5) is 11.7. The van der Waals surface area contributed by atoms with Gasteiger partial charge in [-0.25, -0.2) is 4.79 Å². The first-order chi connectivity index (χ1) is 11.8. The SMILES string of the molecule is COC(C)CNC(=O)Nc1nnc(Cc2ccc(C(F)(F)F)cc2)s1. The van der Waals surface area contributed by atoms with Gasteiger partial charge in [0.25, 0.3) is 0 Å². The van der Waals surface area contributed by atoms with E-state index in [1.165, 1.54) is 12.1 Å². The lowest BCUT2D eigenvalue weighted by atomic mass is 10.1. The molecule has 2 N–H and O–H groups in total. The molecule has 2 aromatic rings. The zero-order valence-electron chi connectivity index (χ0n) is 13.6. The molecule has 1 aromatic heterocycles. The lowest BCUT2D eigenvalue weighted by molar-refractivity contribution is -0.137. The highest BCUT2D eigenvalue weighted by atomic mass is 32.1. The summed E-state index contributed by atoms with van der Waals surface area (Å²) in [5, 5.41) is 13.8. The highest BCUT2D eigenvalue weighted by molar-refractivity contribution is 7.15. The molecule has 0 aliphatic carbocycles. The van der Waals surface area contributed by atoms with Crippen LogP contribution < -0.4 is 10.6 Å². The van der Waals surface area contributed by atoms with E-state index in [0.29, 0.717) is 28.7 Å². The summed E-state index contributed by atoms with van der Waals surface area (Å²) in [6.45, 7) is 2.16. The number of methoxy groups -OCH3 is 1. The van der Waals surface area contributed by atoms with Crippen molar-refractivity contribution in [2.45, 2.75) is 25.6 Å². The molecule has 0 spiro atoms. The van der Waals surface area contributed by atoms with E-state index < -0.39 is 17.8 Å².